The van der Waals surface area contributed by atoms with Crippen LogP contribution < -0.4 is 9.46 Å². The molecule has 23 heavy (non-hydrogen) atoms. The topological polar surface area (TPSA) is 132 Å². The number of ether oxygens (including phenoxy) is 1. The van der Waals surface area contributed by atoms with Gasteiger partial charge in [-0.2, -0.15) is 4.98 Å². The summed E-state index contributed by atoms with van der Waals surface area (Å²) in [7, 11) is -2.54. The van der Waals surface area contributed by atoms with Gasteiger partial charge in [-0.15, -0.1) is 0 Å². The Kier molecular flexibility index (Phi) is 4.96. The Morgan fingerprint density at radius 1 is 1.43 bits per heavy atom. The largest absolute Gasteiger partial charge is 0.496 e. The van der Waals surface area contributed by atoms with Crippen LogP contribution in [0.1, 0.15) is 22.1 Å². The van der Waals surface area contributed by atoms with Crippen LogP contribution in [0.2, 0.25) is 0 Å². The van der Waals surface area contributed by atoms with Crippen LogP contribution in [0.3, 0.4) is 0 Å². The summed E-state index contributed by atoms with van der Waals surface area (Å²) in [5, 5.41) is 12.6. The number of nitrogens with one attached hydrogen (secondary N) is 1. The highest BCUT2D eigenvalue weighted by atomic mass is 32.2. The summed E-state index contributed by atoms with van der Waals surface area (Å²) < 4.78 is 36.6. The number of sulfonamides is 1. The van der Waals surface area contributed by atoms with Crippen LogP contribution in [0.5, 0.6) is 5.75 Å². The minimum Gasteiger partial charge on any atom is -0.496 e. The van der Waals surface area contributed by atoms with Crippen LogP contribution in [-0.2, 0) is 16.4 Å². The summed E-state index contributed by atoms with van der Waals surface area (Å²) >= 11 is 0. The molecule has 0 aliphatic heterocycles. The lowest BCUT2D eigenvalue weighted by atomic mass is 10.2. The van der Waals surface area contributed by atoms with Gasteiger partial charge in [0.25, 0.3) is 0 Å². The smallest absolute Gasteiger partial charge is 0.339 e. The molecule has 2 rings (SSSR count). The Morgan fingerprint density at radius 3 is 2.74 bits per heavy atom. The van der Waals surface area contributed by atoms with E-state index in [2.05, 4.69) is 14.9 Å². The molecule has 2 N–H and O–H groups in total. The number of aromatic carboxylic acids is 1. The molecule has 0 fully saturated rings. The van der Waals surface area contributed by atoms with E-state index >= 15 is 0 Å². The predicted octanol–water partition coefficient (Wildman–Crippen LogP) is 0.606. The van der Waals surface area contributed by atoms with Gasteiger partial charge in [0.2, 0.25) is 15.9 Å². The lowest BCUT2D eigenvalue weighted by molar-refractivity contribution is 0.0693. The van der Waals surface area contributed by atoms with Gasteiger partial charge in [0.15, 0.2) is 5.82 Å². The molecule has 0 aliphatic rings. The Balaban J connectivity index is 2.11. The van der Waals surface area contributed by atoms with E-state index in [0.717, 1.165) is 6.07 Å². The molecule has 1 aromatic heterocycles. The van der Waals surface area contributed by atoms with Crippen molar-refractivity contribution in [3.8, 4) is 5.75 Å². The highest BCUT2D eigenvalue weighted by Gasteiger charge is 2.19. The fourth-order valence-electron chi connectivity index (χ4n) is 1.83. The Hall–Kier alpha value is -2.46. The number of carboxylic acid groups (broad SMARTS) is 1. The maximum Gasteiger partial charge on any atom is 0.339 e. The van der Waals surface area contributed by atoms with Gasteiger partial charge >= 0.3 is 5.97 Å². The summed E-state index contributed by atoms with van der Waals surface area (Å²) in [4.78, 5) is 14.9. The maximum atomic E-state index is 12.2. The number of carboxylic acids is 1. The molecule has 0 unspecified atom stereocenters. The molecule has 1 aromatic carbocycles. The molecule has 0 spiro atoms. The van der Waals surface area contributed by atoms with Gasteiger partial charge in [0.05, 0.1) is 12.0 Å². The SMILES string of the molecule is COc1cc(S(=O)(=O)NCCc2nc(C)no2)ccc1C(=O)O. The Morgan fingerprint density at radius 2 is 2.17 bits per heavy atom. The van der Waals surface area contributed by atoms with Gasteiger partial charge in [0, 0.05) is 19.0 Å². The quantitative estimate of drug-likeness (QED) is 0.748. The number of hydrogen-bond donors (Lipinski definition) is 2. The highest BCUT2D eigenvalue weighted by Crippen LogP contribution is 2.22. The zero-order valence-electron chi connectivity index (χ0n) is 12.4. The van der Waals surface area contributed by atoms with Crippen molar-refractivity contribution in [1.29, 1.82) is 0 Å². The van der Waals surface area contributed by atoms with E-state index in [1.807, 2.05) is 0 Å². The van der Waals surface area contributed by atoms with Crippen molar-refractivity contribution in [3.05, 3.63) is 35.5 Å². The second-order valence-corrected chi connectivity index (χ2v) is 6.32. The molecule has 0 saturated carbocycles. The first-order chi connectivity index (χ1) is 10.8. The normalized spacial score (nSPS) is 11.4. The van der Waals surface area contributed by atoms with E-state index < -0.39 is 16.0 Å². The van der Waals surface area contributed by atoms with Crippen molar-refractivity contribution in [3.63, 3.8) is 0 Å². The van der Waals surface area contributed by atoms with Gasteiger partial charge in [-0.05, 0) is 19.1 Å². The van der Waals surface area contributed by atoms with Crippen LogP contribution in [0.4, 0.5) is 0 Å². The number of aromatic nitrogens is 2. The monoisotopic (exact) mass is 341 g/mol. The second-order valence-electron chi connectivity index (χ2n) is 4.55. The summed E-state index contributed by atoms with van der Waals surface area (Å²) in [5.74, 6) is -0.445. The van der Waals surface area contributed by atoms with Crippen molar-refractivity contribution < 1.29 is 27.6 Å². The van der Waals surface area contributed by atoms with Gasteiger partial charge < -0.3 is 14.4 Å². The second kappa shape index (κ2) is 6.75. The molecule has 1 heterocycles. The molecule has 0 aliphatic carbocycles. The first-order valence-corrected chi connectivity index (χ1v) is 8.02. The van der Waals surface area contributed by atoms with Crippen LogP contribution in [0, 0.1) is 6.92 Å². The molecule has 124 valence electrons. The molecule has 0 radical (unpaired) electrons. The van der Waals surface area contributed by atoms with Crippen LogP contribution in [0.15, 0.2) is 27.6 Å². The molecule has 0 amide bonds. The van der Waals surface area contributed by atoms with E-state index in [1.165, 1.54) is 19.2 Å². The van der Waals surface area contributed by atoms with E-state index in [0.29, 0.717) is 11.7 Å². The van der Waals surface area contributed by atoms with Crippen molar-refractivity contribution in [1.82, 2.24) is 14.9 Å². The highest BCUT2D eigenvalue weighted by molar-refractivity contribution is 7.89. The minimum atomic E-state index is -3.81. The minimum absolute atomic E-state index is 0.0344. The fraction of sp³-hybridized carbons (Fsp3) is 0.308. The molecular weight excluding hydrogens is 326 g/mol. The van der Waals surface area contributed by atoms with Gasteiger partial charge in [-0.1, -0.05) is 5.16 Å². The van der Waals surface area contributed by atoms with E-state index in [-0.39, 0.29) is 29.2 Å². The van der Waals surface area contributed by atoms with Gasteiger partial charge in [0.1, 0.15) is 11.3 Å². The molecule has 0 bridgehead atoms. The fourth-order valence-corrected chi connectivity index (χ4v) is 2.88. The lowest BCUT2D eigenvalue weighted by Crippen LogP contribution is -2.26. The van der Waals surface area contributed by atoms with Crippen LogP contribution in [-0.4, -0.2) is 43.3 Å². The van der Waals surface area contributed by atoms with Crippen molar-refractivity contribution in [2.24, 2.45) is 0 Å². The average Bonchev–Trinajstić information content (AvgIpc) is 2.91. The molecule has 0 saturated heterocycles. The molecule has 9 nitrogen and oxygen atoms in total. The summed E-state index contributed by atoms with van der Waals surface area (Å²) in [5.41, 5.74) is -0.118. The summed E-state index contributed by atoms with van der Waals surface area (Å²) in [6, 6.07) is 3.53. The number of nitrogens with zero attached hydrogens (tertiary/aromatic N) is 2. The number of hydrogen-bond acceptors (Lipinski definition) is 7. The summed E-state index contributed by atoms with van der Waals surface area (Å²) in [6.45, 7) is 1.72. The maximum absolute atomic E-state index is 12.2. The standard InChI is InChI=1S/C13H15N3O6S/c1-8-15-12(22-16-8)5-6-14-23(19,20)9-3-4-10(13(17)18)11(7-9)21-2/h3-4,7,14H,5-6H2,1-2H3,(H,17,18). The van der Waals surface area contributed by atoms with Crippen molar-refractivity contribution >= 4 is 16.0 Å². The number of methoxy groups -OCH3 is 1. The Labute approximate surface area is 132 Å². The predicted molar refractivity (Wildman–Crippen MR) is 77.9 cm³/mol. The first-order valence-electron chi connectivity index (χ1n) is 6.53. The Bertz CT molecular complexity index is 815. The zero-order chi connectivity index (χ0) is 17.0. The van der Waals surface area contributed by atoms with Gasteiger partial charge in [-0.25, -0.2) is 17.9 Å². The average molecular weight is 341 g/mol. The van der Waals surface area contributed by atoms with Crippen molar-refractivity contribution in [2.45, 2.75) is 18.2 Å². The third-order valence-corrected chi connectivity index (χ3v) is 4.37. The molecular formula is C13H15N3O6S. The molecule has 10 heteroatoms. The van der Waals surface area contributed by atoms with E-state index in [1.54, 1.807) is 6.92 Å². The van der Waals surface area contributed by atoms with Crippen LogP contribution in [0.25, 0.3) is 0 Å². The number of rotatable bonds is 7. The number of carbonyl (C=O) groups is 1. The third kappa shape index (κ3) is 4.05. The third-order valence-electron chi connectivity index (χ3n) is 2.91. The van der Waals surface area contributed by atoms with Crippen molar-refractivity contribution in [2.75, 3.05) is 13.7 Å². The molecule has 0 atom stereocenters. The zero-order valence-corrected chi connectivity index (χ0v) is 13.3. The van der Waals surface area contributed by atoms with E-state index in [9.17, 15) is 13.2 Å². The van der Waals surface area contributed by atoms with Gasteiger partial charge in [-0.3, -0.25) is 0 Å². The number of aryl methyl sites for hydroxylation is 1. The number of benzene rings is 1. The molecule has 2 aromatic rings. The first kappa shape index (κ1) is 16.9. The van der Waals surface area contributed by atoms with E-state index in [4.69, 9.17) is 14.4 Å². The summed E-state index contributed by atoms with van der Waals surface area (Å²) in [6.07, 6.45) is 0.240. The van der Waals surface area contributed by atoms with Crippen LogP contribution >= 0.6 is 0 Å². The lowest BCUT2D eigenvalue weighted by Gasteiger charge is -2.09.